The normalized spacial score (nSPS) is 23.1. The average molecular weight is 584 g/mol. The molecule has 3 fully saturated rings. The number of amides is 1. The lowest BCUT2D eigenvalue weighted by atomic mass is 9.34. The predicted molar refractivity (Wildman–Crippen MR) is 140 cm³/mol. The second kappa shape index (κ2) is 8.69. The van der Waals surface area contributed by atoms with Crippen LogP contribution in [0.2, 0.25) is 5.15 Å². The molecule has 2 heterocycles. The Bertz CT molecular complexity index is 1700. The lowest BCUT2D eigenvalue weighted by Gasteiger charge is -2.69. The molecule has 3 aliphatic rings. The number of carbonyl (C=O) groups excluding carboxylic acids is 1. The fraction of sp³-hybridized carbons (Fsp3) is 0.423. The summed E-state index contributed by atoms with van der Waals surface area (Å²) in [6.07, 6.45) is -3.79. The Morgan fingerprint density at radius 2 is 1.82 bits per heavy atom. The summed E-state index contributed by atoms with van der Waals surface area (Å²) in [6.45, 7) is 5.11. The molecule has 0 saturated heterocycles. The van der Waals surface area contributed by atoms with Crippen molar-refractivity contribution in [1.82, 2.24) is 9.71 Å². The van der Waals surface area contributed by atoms with Crippen LogP contribution in [0.1, 0.15) is 65.2 Å². The van der Waals surface area contributed by atoms with Gasteiger partial charge < -0.3 is 9.73 Å². The van der Waals surface area contributed by atoms with E-state index in [0.717, 1.165) is 11.8 Å². The molecule has 2 bridgehead atoms. The number of fused-ring (bicyclic) bond motifs is 1. The number of alkyl halides is 3. The highest BCUT2D eigenvalue weighted by atomic mass is 35.5. The Hall–Kier alpha value is -3.12. The van der Waals surface area contributed by atoms with Crippen LogP contribution in [0, 0.1) is 19.3 Å². The Labute approximate surface area is 227 Å². The van der Waals surface area contributed by atoms with E-state index in [1.54, 1.807) is 32.9 Å². The molecule has 1 aromatic carbocycles. The first-order valence-corrected chi connectivity index (χ1v) is 14.3. The van der Waals surface area contributed by atoms with Crippen molar-refractivity contribution in [3.63, 3.8) is 0 Å². The van der Waals surface area contributed by atoms with Crippen LogP contribution < -0.4 is 15.5 Å². The van der Waals surface area contributed by atoms with E-state index in [9.17, 15) is 31.2 Å². The number of benzene rings is 1. The second-order valence-electron chi connectivity index (χ2n) is 10.8. The van der Waals surface area contributed by atoms with Gasteiger partial charge in [-0.2, -0.15) is 13.2 Å². The average Bonchev–Trinajstić information content (AvgIpc) is 2.74. The molecule has 1 unspecified atom stereocenters. The number of anilines is 1. The predicted octanol–water partition coefficient (Wildman–Crippen LogP) is 5.30. The lowest BCUT2D eigenvalue weighted by Crippen LogP contribution is -2.70. The fourth-order valence-electron chi connectivity index (χ4n) is 5.98. The summed E-state index contributed by atoms with van der Waals surface area (Å²) in [5.74, 6) is -0.708. The monoisotopic (exact) mass is 583 g/mol. The Kier molecular flexibility index (Phi) is 6.12. The van der Waals surface area contributed by atoms with Crippen molar-refractivity contribution in [2.75, 3.05) is 11.6 Å². The quantitative estimate of drug-likeness (QED) is 0.378. The Morgan fingerprint density at radius 3 is 2.41 bits per heavy atom. The van der Waals surface area contributed by atoms with E-state index in [1.165, 1.54) is 12.1 Å². The standard InChI is InChI=1S/C26H25ClF3N3O5S/c1-12-7-15(14(3)31-17-5-6-18(27)32-19(17)23(35)33-39(4,36)37)21-16(8-12)20(34)13(2)22(38-21)24-9-25(10-24,11-24)26(28,29)30/h5-8,14,31H,9-11H2,1-4H3,(H,33,35). The third-order valence-electron chi connectivity index (χ3n) is 7.70. The summed E-state index contributed by atoms with van der Waals surface area (Å²) in [6, 6.07) is 5.73. The number of aromatic nitrogens is 1. The van der Waals surface area contributed by atoms with Crippen LogP contribution in [0.25, 0.3) is 11.0 Å². The van der Waals surface area contributed by atoms with Gasteiger partial charge in [0.25, 0.3) is 5.91 Å². The van der Waals surface area contributed by atoms with Crippen LogP contribution in [0.5, 0.6) is 0 Å². The molecule has 3 aliphatic carbocycles. The molecule has 0 spiro atoms. The van der Waals surface area contributed by atoms with Gasteiger partial charge in [-0.05, 0) is 63.8 Å². The molecule has 6 rings (SSSR count). The minimum absolute atomic E-state index is 0.0332. The van der Waals surface area contributed by atoms with Gasteiger partial charge in [0.2, 0.25) is 10.0 Å². The van der Waals surface area contributed by atoms with Gasteiger partial charge in [0.1, 0.15) is 16.5 Å². The van der Waals surface area contributed by atoms with Crippen molar-refractivity contribution in [3.05, 3.63) is 67.8 Å². The van der Waals surface area contributed by atoms with Crippen molar-refractivity contribution in [1.29, 1.82) is 0 Å². The number of sulfonamides is 1. The molecule has 3 saturated carbocycles. The van der Waals surface area contributed by atoms with Crippen LogP contribution >= 0.6 is 11.6 Å². The SMILES string of the molecule is Cc1cc(C(C)Nc2ccc(Cl)nc2C(=O)NS(C)(=O)=O)c2oc(C34CC(C(F)(F)F)(C3)C4)c(C)c(=O)c2c1. The molecule has 2 N–H and O–H groups in total. The minimum Gasteiger partial charge on any atom is -0.460 e. The zero-order valence-corrected chi connectivity index (χ0v) is 23.0. The van der Waals surface area contributed by atoms with Crippen molar-refractivity contribution in [3.8, 4) is 0 Å². The minimum atomic E-state index is -4.30. The summed E-state index contributed by atoms with van der Waals surface area (Å²) < 4.78 is 71.8. The summed E-state index contributed by atoms with van der Waals surface area (Å²) in [5, 5.41) is 3.37. The molecule has 39 heavy (non-hydrogen) atoms. The molecular formula is C26H25ClF3N3O5S. The van der Waals surface area contributed by atoms with Gasteiger partial charge in [0.05, 0.1) is 28.8 Å². The van der Waals surface area contributed by atoms with Crippen LogP contribution in [-0.4, -0.2) is 31.7 Å². The highest BCUT2D eigenvalue weighted by Crippen LogP contribution is 2.78. The maximum absolute atomic E-state index is 13.5. The molecule has 1 amide bonds. The number of pyridine rings is 1. The smallest absolute Gasteiger partial charge is 0.394 e. The highest BCUT2D eigenvalue weighted by Gasteiger charge is 2.80. The van der Waals surface area contributed by atoms with E-state index in [1.807, 2.05) is 4.72 Å². The molecule has 2 aromatic heterocycles. The topological polar surface area (TPSA) is 118 Å². The van der Waals surface area contributed by atoms with Gasteiger partial charge in [-0.3, -0.25) is 9.59 Å². The highest BCUT2D eigenvalue weighted by molar-refractivity contribution is 7.89. The fourth-order valence-corrected chi connectivity index (χ4v) is 6.56. The molecule has 0 aliphatic heterocycles. The number of rotatable bonds is 6. The van der Waals surface area contributed by atoms with Gasteiger partial charge >= 0.3 is 6.18 Å². The first kappa shape index (κ1) is 27.4. The third kappa shape index (κ3) is 4.47. The Balaban J connectivity index is 1.56. The van der Waals surface area contributed by atoms with Gasteiger partial charge in [-0.15, -0.1) is 0 Å². The lowest BCUT2D eigenvalue weighted by molar-refractivity contribution is -0.340. The van der Waals surface area contributed by atoms with Crippen LogP contribution in [-0.2, 0) is 15.4 Å². The van der Waals surface area contributed by atoms with Crippen molar-refractivity contribution in [2.24, 2.45) is 5.41 Å². The molecule has 1 atom stereocenters. The molecular weight excluding hydrogens is 559 g/mol. The number of nitrogens with one attached hydrogen (secondary N) is 2. The summed E-state index contributed by atoms with van der Waals surface area (Å²) in [4.78, 5) is 30.0. The number of carbonyl (C=O) groups is 1. The summed E-state index contributed by atoms with van der Waals surface area (Å²) in [7, 11) is -3.88. The zero-order chi connectivity index (χ0) is 28.7. The number of hydrogen-bond donors (Lipinski definition) is 2. The van der Waals surface area contributed by atoms with Crippen molar-refractivity contribution in [2.45, 2.75) is 57.7 Å². The summed E-state index contributed by atoms with van der Waals surface area (Å²) in [5.41, 5.74) is -1.11. The largest absolute Gasteiger partial charge is 0.460 e. The third-order valence-corrected chi connectivity index (χ3v) is 8.46. The number of halogens is 4. The second-order valence-corrected chi connectivity index (χ2v) is 12.9. The van der Waals surface area contributed by atoms with Gasteiger partial charge in [-0.25, -0.2) is 18.1 Å². The molecule has 13 heteroatoms. The summed E-state index contributed by atoms with van der Waals surface area (Å²) >= 11 is 5.95. The first-order chi connectivity index (χ1) is 18.0. The van der Waals surface area contributed by atoms with E-state index in [0.29, 0.717) is 16.5 Å². The van der Waals surface area contributed by atoms with Crippen LogP contribution in [0.15, 0.2) is 33.5 Å². The number of nitrogens with zero attached hydrogens (tertiary/aromatic N) is 1. The molecule has 3 aromatic rings. The van der Waals surface area contributed by atoms with E-state index < -0.39 is 39.0 Å². The van der Waals surface area contributed by atoms with E-state index in [-0.39, 0.29) is 52.6 Å². The van der Waals surface area contributed by atoms with Gasteiger partial charge in [0.15, 0.2) is 11.1 Å². The molecule has 208 valence electrons. The van der Waals surface area contributed by atoms with Crippen LogP contribution in [0.3, 0.4) is 0 Å². The van der Waals surface area contributed by atoms with E-state index in [2.05, 4.69) is 10.3 Å². The molecule has 8 nitrogen and oxygen atoms in total. The van der Waals surface area contributed by atoms with E-state index >= 15 is 0 Å². The Morgan fingerprint density at radius 1 is 1.18 bits per heavy atom. The maximum atomic E-state index is 13.5. The van der Waals surface area contributed by atoms with Gasteiger partial charge in [-0.1, -0.05) is 17.7 Å². The molecule has 0 radical (unpaired) electrons. The van der Waals surface area contributed by atoms with Gasteiger partial charge in [0, 0.05) is 16.5 Å². The zero-order valence-electron chi connectivity index (χ0n) is 21.4. The van der Waals surface area contributed by atoms with Crippen molar-refractivity contribution >= 4 is 44.2 Å². The number of hydrogen-bond acceptors (Lipinski definition) is 7. The van der Waals surface area contributed by atoms with E-state index in [4.69, 9.17) is 16.0 Å². The van der Waals surface area contributed by atoms with Crippen molar-refractivity contribution < 1.29 is 30.8 Å². The first-order valence-electron chi connectivity index (χ1n) is 12.1. The van der Waals surface area contributed by atoms with Crippen LogP contribution in [0.4, 0.5) is 18.9 Å². The maximum Gasteiger partial charge on any atom is 0.394 e. The number of aryl methyl sites for hydroxylation is 1.